The first-order valence-corrected chi connectivity index (χ1v) is 3.45. The average Bonchev–Trinajstić information content (AvgIpc) is 2.49. The summed E-state index contributed by atoms with van der Waals surface area (Å²) in [6.07, 6.45) is 4.25. The summed E-state index contributed by atoms with van der Waals surface area (Å²) >= 11 is 0. The van der Waals surface area contributed by atoms with Crippen LogP contribution >= 0.6 is 0 Å². The molecule has 2 nitrogen and oxygen atoms in total. The minimum atomic E-state index is 0.815. The lowest BCUT2D eigenvalue weighted by atomic mass is 10.1. The Hall–Kier alpha value is -0.0800. The predicted octanol–water partition coefficient (Wildman–Crippen LogP) is 0.263. The summed E-state index contributed by atoms with van der Waals surface area (Å²) in [4.78, 5) is 0. The van der Waals surface area contributed by atoms with Crippen molar-refractivity contribution in [3.05, 3.63) is 0 Å². The van der Waals surface area contributed by atoms with Gasteiger partial charge in [-0.2, -0.15) is 0 Å². The molecule has 1 heterocycles. The van der Waals surface area contributed by atoms with Crippen molar-refractivity contribution >= 4 is 0 Å². The van der Waals surface area contributed by atoms with Crippen molar-refractivity contribution in [3.8, 4) is 0 Å². The first-order chi connectivity index (χ1) is 3.97. The van der Waals surface area contributed by atoms with Gasteiger partial charge in [0, 0.05) is 12.6 Å². The molecule has 0 bridgehead atoms. The van der Waals surface area contributed by atoms with E-state index in [1.54, 1.807) is 0 Å². The van der Waals surface area contributed by atoms with Crippen molar-refractivity contribution in [1.29, 1.82) is 0 Å². The van der Waals surface area contributed by atoms with Crippen molar-refractivity contribution in [2.24, 2.45) is 5.92 Å². The summed E-state index contributed by atoms with van der Waals surface area (Å²) in [6.45, 7) is 1.17. The average molecular weight is 112 g/mol. The zero-order valence-electron chi connectivity index (χ0n) is 4.98. The van der Waals surface area contributed by atoms with E-state index < -0.39 is 0 Å². The lowest BCUT2D eigenvalue weighted by Crippen LogP contribution is -2.31. The van der Waals surface area contributed by atoms with E-state index in [4.69, 9.17) is 0 Å². The van der Waals surface area contributed by atoms with Crippen LogP contribution in [0, 0.1) is 5.92 Å². The molecule has 0 amide bonds. The molecule has 2 heteroatoms. The fourth-order valence-electron chi connectivity index (χ4n) is 1.36. The third kappa shape index (κ3) is 0.740. The second-order valence-electron chi connectivity index (χ2n) is 2.80. The SMILES string of the molecule is C1CC(C2CC2)NN1. The highest BCUT2D eigenvalue weighted by atomic mass is 15.4. The fourth-order valence-corrected chi connectivity index (χ4v) is 1.36. The van der Waals surface area contributed by atoms with Crippen molar-refractivity contribution in [2.45, 2.75) is 25.3 Å². The molecule has 2 aliphatic rings. The van der Waals surface area contributed by atoms with Crippen LogP contribution in [0.5, 0.6) is 0 Å². The molecule has 1 saturated carbocycles. The van der Waals surface area contributed by atoms with Crippen molar-refractivity contribution in [2.75, 3.05) is 6.54 Å². The molecule has 0 aromatic rings. The summed E-state index contributed by atoms with van der Waals surface area (Å²) in [5.41, 5.74) is 6.41. The number of rotatable bonds is 1. The van der Waals surface area contributed by atoms with E-state index in [2.05, 4.69) is 10.9 Å². The van der Waals surface area contributed by atoms with Gasteiger partial charge in [0.15, 0.2) is 0 Å². The highest BCUT2D eigenvalue weighted by Gasteiger charge is 2.32. The van der Waals surface area contributed by atoms with Gasteiger partial charge in [0.2, 0.25) is 0 Å². The molecule has 46 valence electrons. The molecular weight excluding hydrogens is 100 g/mol. The number of hydrogen-bond acceptors (Lipinski definition) is 2. The first kappa shape index (κ1) is 4.77. The quantitative estimate of drug-likeness (QED) is 0.508. The molecule has 1 aliphatic carbocycles. The largest absolute Gasteiger partial charge is 0.258 e. The molecule has 1 atom stereocenters. The Labute approximate surface area is 49.6 Å². The lowest BCUT2D eigenvalue weighted by Gasteiger charge is -2.04. The summed E-state index contributed by atoms with van der Waals surface area (Å²) in [6, 6.07) is 0.815. The first-order valence-electron chi connectivity index (χ1n) is 3.45. The van der Waals surface area contributed by atoms with E-state index in [0.717, 1.165) is 12.0 Å². The predicted molar refractivity (Wildman–Crippen MR) is 32.3 cm³/mol. The molecule has 2 N–H and O–H groups in total. The molecule has 0 spiro atoms. The Morgan fingerprint density at radius 2 is 2.00 bits per heavy atom. The van der Waals surface area contributed by atoms with E-state index in [9.17, 15) is 0 Å². The van der Waals surface area contributed by atoms with Gasteiger partial charge in [-0.3, -0.25) is 10.9 Å². The molecule has 0 aromatic carbocycles. The van der Waals surface area contributed by atoms with Gasteiger partial charge >= 0.3 is 0 Å². The Bertz CT molecular complexity index is 82.5. The zero-order chi connectivity index (χ0) is 5.40. The Morgan fingerprint density at radius 1 is 1.12 bits per heavy atom. The van der Waals surface area contributed by atoms with Gasteiger partial charge < -0.3 is 0 Å². The van der Waals surface area contributed by atoms with Crippen LogP contribution in [-0.4, -0.2) is 12.6 Å². The monoisotopic (exact) mass is 112 g/mol. The molecule has 1 unspecified atom stereocenters. The minimum absolute atomic E-state index is 0.815. The van der Waals surface area contributed by atoms with E-state index >= 15 is 0 Å². The molecule has 2 fully saturated rings. The van der Waals surface area contributed by atoms with Crippen LogP contribution in [0.4, 0.5) is 0 Å². The number of nitrogens with one attached hydrogen (secondary N) is 2. The van der Waals surface area contributed by atoms with Crippen LogP contribution in [0.25, 0.3) is 0 Å². The molecular formula is C6H12N2. The van der Waals surface area contributed by atoms with E-state index in [1.807, 2.05) is 0 Å². The zero-order valence-corrected chi connectivity index (χ0v) is 4.98. The van der Waals surface area contributed by atoms with E-state index in [1.165, 1.54) is 25.8 Å². The van der Waals surface area contributed by atoms with Gasteiger partial charge in [0.25, 0.3) is 0 Å². The molecule has 0 aromatic heterocycles. The Morgan fingerprint density at radius 3 is 2.50 bits per heavy atom. The summed E-state index contributed by atoms with van der Waals surface area (Å²) in [7, 11) is 0. The topological polar surface area (TPSA) is 24.1 Å². The van der Waals surface area contributed by atoms with E-state index in [-0.39, 0.29) is 0 Å². The van der Waals surface area contributed by atoms with Gasteiger partial charge in [-0.15, -0.1) is 0 Å². The normalized spacial score (nSPS) is 38.2. The summed E-state index contributed by atoms with van der Waals surface area (Å²) < 4.78 is 0. The summed E-state index contributed by atoms with van der Waals surface area (Å²) in [5, 5.41) is 0. The fraction of sp³-hybridized carbons (Fsp3) is 1.00. The van der Waals surface area contributed by atoms with E-state index in [0.29, 0.717) is 0 Å². The molecule has 0 radical (unpaired) electrons. The van der Waals surface area contributed by atoms with Crippen molar-refractivity contribution in [3.63, 3.8) is 0 Å². The van der Waals surface area contributed by atoms with Crippen LogP contribution in [0.2, 0.25) is 0 Å². The number of hydrazine groups is 1. The lowest BCUT2D eigenvalue weighted by molar-refractivity contribution is 0.504. The number of hydrogen-bond donors (Lipinski definition) is 2. The van der Waals surface area contributed by atoms with Crippen LogP contribution in [0.3, 0.4) is 0 Å². The van der Waals surface area contributed by atoms with Gasteiger partial charge in [0.1, 0.15) is 0 Å². The maximum Gasteiger partial charge on any atom is 0.0253 e. The molecule has 1 saturated heterocycles. The van der Waals surface area contributed by atoms with Crippen LogP contribution in [0.15, 0.2) is 0 Å². The van der Waals surface area contributed by atoms with Crippen LogP contribution < -0.4 is 10.9 Å². The Kier molecular flexibility index (Phi) is 1.02. The maximum atomic E-state index is 3.27. The highest BCUT2D eigenvalue weighted by Crippen LogP contribution is 2.34. The van der Waals surface area contributed by atoms with Gasteiger partial charge in [-0.25, -0.2) is 0 Å². The van der Waals surface area contributed by atoms with Crippen LogP contribution in [-0.2, 0) is 0 Å². The van der Waals surface area contributed by atoms with Crippen LogP contribution in [0.1, 0.15) is 19.3 Å². The molecule has 1 aliphatic heterocycles. The smallest absolute Gasteiger partial charge is 0.0253 e. The standard InChI is InChI=1S/C6H12N2/c1-2-5(1)6-3-4-7-8-6/h5-8H,1-4H2. The maximum absolute atomic E-state index is 3.27. The third-order valence-corrected chi connectivity index (χ3v) is 2.06. The van der Waals surface area contributed by atoms with Crippen molar-refractivity contribution in [1.82, 2.24) is 10.9 Å². The van der Waals surface area contributed by atoms with Gasteiger partial charge in [-0.05, 0) is 25.2 Å². The summed E-state index contributed by atoms with van der Waals surface area (Å²) in [5.74, 6) is 1.02. The Balaban J connectivity index is 1.86. The van der Waals surface area contributed by atoms with Gasteiger partial charge in [0.05, 0.1) is 0 Å². The molecule has 2 rings (SSSR count). The van der Waals surface area contributed by atoms with Crippen molar-refractivity contribution < 1.29 is 0 Å². The molecule has 8 heavy (non-hydrogen) atoms. The third-order valence-electron chi connectivity index (χ3n) is 2.06. The minimum Gasteiger partial charge on any atom is -0.258 e. The second kappa shape index (κ2) is 1.71. The highest BCUT2D eigenvalue weighted by molar-refractivity contribution is 4.88. The van der Waals surface area contributed by atoms with Gasteiger partial charge in [-0.1, -0.05) is 0 Å². The second-order valence-corrected chi connectivity index (χ2v) is 2.80.